The molecule has 116 valence electrons. The van der Waals surface area contributed by atoms with Crippen molar-refractivity contribution in [2.45, 2.75) is 26.4 Å². The number of hydrogen-bond acceptors (Lipinski definition) is 5. The van der Waals surface area contributed by atoms with Gasteiger partial charge < -0.3 is 20.4 Å². The summed E-state index contributed by atoms with van der Waals surface area (Å²) in [4.78, 5) is 12.5. The first-order valence-electron chi connectivity index (χ1n) is 6.86. The van der Waals surface area contributed by atoms with E-state index >= 15 is 0 Å². The zero-order chi connectivity index (χ0) is 16.1. The van der Waals surface area contributed by atoms with E-state index in [-0.39, 0.29) is 32.2 Å². The monoisotopic (exact) mass is 302 g/mol. The number of aliphatic hydroxyl groups excluding tert-OH is 4. The molecule has 0 saturated carbocycles. The van der Waals surface area contributed by atoms with Crippen molar-refractivity contribution in [1.29, 1.82) is 0 Å². The third-order valence-corrected chi connectivity index (χ3v) is 3.62. The van der Waals surface area contributed by atoms with Crippen molar-refractivity contribution in [3.8, 4) is 0 Å². The van der Waals surface area contributed by atoms with Crippen LogP contribution in [0.5, 0.6) is 0 Å². The first-order chi connectivity index (χ1) is 10.6. The van der Waals surface area contributed by atoms with Crippen LogP contribution >= 0.6 is 0 Å². The molecular weight excluding hydrogens is 284 g/mol. The maximum atomic E-state index is 12.5. The fraction of sp³-hybridized carbons (Fsp3) is 0.235. The van der Waals surface area contributed by atoms with Gasteiger partial charge in [0.05, 0.1) is 26.4 Å². The summed E-state index contributed by atoms with van der Waals surface area (Å²) in [5.41, 5.74) is 2.94. The smallest absolute Gasteiger partial charge is 0.193 e. The Morgan fingerprint density at radius 1 is 0.636 bits per heavy atom. The van der Waals surface area contributed by atoms with Gasteiger partial charge in [-0.3, -0.25) is 4.79 Å². The van der Waals surface area contributed by atoms with Crippen LogP contribution in [-0.4, -0.2) is 26.2 Å². The molecule has 2 aromatic rings. The SMILES string of the molecule is O=C(c1ccc(CO)c(CO)c1)c1ccc(CO)c(CO)c1. The van der Waals surface area contributed by atoms with Crippen molar-refractivity contribution < 1.29 is 25.2 Å². The molecule has 2 aromatic carbocycles. The maximum absolute atomic E-state index is 12.5. The average Bonchev–Trinajstić information content (AvgIpc) is 2.59. The molecule has 5 heteroatoms. The Balaban J connectivity index is 2.39. The maximum Gasteiger partial charge on any atom is 0.193 e. The van der Waals surface area contributed by atoms with Gasteiger partial charge in [0.25, 0.3) is 0 Å². The van der Waals surface area contributed by atoms with Crippen molar-refractivity contribution in [3.05, 3.63) is 69.8 Å². The lowest BCUT2D eigenvalue weighted by atomic mass is 9.96. The van der Waals surface area contributed by atoms with Gasteiger partial charge in [-0.25, -0.2) is 0 Å². The van der Waals surface area contributed by atoms with Crippen LogP contribution in [0.3, 0.4) is 0 Å². The highest BCUT2D eigenvalue weighted by atomic mass is 16.3. The molecule has 22 heavy (non-hydrogen) atoms. The summed E-state index contributed by atoms with van der Waals surface area (Å²) in [5.74, 6) is -0.252. The van der Waals surface area contributed by atoms with E-state index in [0.29, 0.717) is 33.4 Å². The molecular formula is C17H18O5. The van der Waals surface area contributed by atoms with Gasteiger partial charge in [-0.05, 0) is 34.4 Å². The Hall–Kier alpha value is -2.05. The van der Waals surface area contributed by atoms with Gasteiger partial charge in [0, 0.05) is 11.1 Å². The Morgan fingerprint density at radius 2 is 1.00 bits per heavy atom. The molecule has 0 atom stereocenters. The van der Waals surface area contributed by atoms with Crippen LogP contribution in [0, 0.1) is 0 Å². The molecule has 0 heterocycles. The van der Waals surface area contributed by atoms with Gasteiger partial charge in [-0.15, -0.1) is 0 Å². The molecule has 0 amide bonds. The number of carbonyl (C=O) groups excluding carboxylic acids is 1. The van der Waals surface area contributed by atoms with E-state index in [1.807, 2.05) is 0 Å². The zero-order valence-electron chi connectivity index (χ0n) is 12.0. The van der Waals surface area contributed by atoms with Crippen LogP contribution in [0.15, 0.2) is 36.4 Å². The minimum Gasteiger partial charge on any atom is -0.392 e. The first kappa shape index (κ1) is 16.3. The average molecular weight is 302 g/mol. The summed E-state index contributed by atoms with van der Waals surface area (Å²) < 4.78 is 0. The van der Waals surface area contributed by atoms with Crippen LogP contribution < -0.4 is 0 Å². The minimum absolute atomic E-state index is 0.204. The summed E-state index contributed by atoms with van der Waals surface area (Å²) >= 11 is 0. The Bertz CT molecular complexity index is 621. The highest BCUT2D eigenvalue weighted by Crippen LogP contribution is 2.19. The molecule has 0 aliphatic rings. The van der Waals surface area contributed by atoms with E-state index in [2.05, 4.69) is 0 Å². The molecule has 0 radical (unpaired) electrons. The van der Waals surface area contributed by atoms with Crippen molar-refractivity contribution in [2.24, 2.45) is 0 Å². The molecule has 2 rings (SSSR count). The molecule has 0 spiro atoms. The molecule has 4 N–H and O–H groups in total. The normalized spacial score (nSPS) is 10.7. The lowest BCUT2D eigenvalue weighted by molar-refractivity contribution is 0.103. The van der Waals surface area contributed by atoms with Gasteiger partial charge in [0.15, 0.2) is 5.78 Å². The number of rotatable bonds is 6. The van der Waals surface area contributed by atoms with E-state index in [4.69, 9.17) is 0 Å². The molecule has 0 unspecified atom stereocenters. The van der Waals surface area contributed by atoms with Crippen LogP contribution in [0.2, 0.25) is 0 Å². The van der Waals surface area contributed by atoms with Crippen molar-refractivity contribution in [1.82, 2.24) is 0 Å². The van der Waals surface area contributed by atoms with Crippen molar-refractivity contribution >= 4 is 5.78 Å². The van der Waals surface area contributed by atoms with Gasteiger partial charge >= 0.3 is 0 Å². The lowest BCUT2D eigenvalue weighted by Gasteiger charge is -2.10. The van der Waals surface area contributed by atoms with E-state index < -0.39 is 0 Å². The first-order valence-corrected chi connectivity index (χ1v) is 6.86. The topological polar surface area (TPSA) is 98.0 Å². The number of hydrogen-bond donors (Lipinski definition) is 4. The standard InChI is InChI=1S/C17H18O5/c18-7-13-3-1-11(5-15(13)9-20)17(22)12-2-4-14(8-19)16(6-12)10-21/h1-6,18-21H,7-10H2. The highest BCUT2D eigenvalue weighted by Gasteiger charge is 2.13. The van der Waals surface area contributed by atoms with Crippen LogP contribution in [0.1, 0.15) is 38.2 Å². The summed E-state index contributed by atoms with van der Waals surface area (Å²) in [6, 6.07) is 9.48. The fourth-order valence-corrected chi connectivity index (χ4v) is 2.30. The van der Waals surface area contributed by atoms with Crippen LogP contribution in [0.4, 0.5) is 0 Å². The van der Waals surface area contributed by atoms with Crippen LogP contribution in [0.25, 0.3) is 0 Å². The van der Waals surface area contributed by atoms with Crippen molar-refractivity contribution in [2.75, 3.05) is 0 Å². The third-order valence-electron chi connectivity index (χ3n) is 3.62. The van der Waals surface area contributed by atoms with Gasteiger partial charge in [0.2, 0.25) is 0 Å². The molecule has 0 fully saturated rings. The summed E-state index contributed by atoms with van der Waals surface area (Å²) in [5, 5.41) is 36.9. The predicted molar refractivity (Wildman–Crippen MR) is 80.0 cm³/mol. The summed E-state index contributed by atoms with van der Waals surface area (Å²) in [6.07, 6.45) is 0. The number of ketones is 1. The van der Waals surface area contributed by atoms with Crippen molar-refractivity contribution in [3.63, 3.8) is 0 Å². The highest BCUT2D eigenvalue weighted by molar-refractivity contribution is 6.09. The van der Waals surface area contributed by atoms with E-state index in [9.17, 15) is 25.2 Å². The Kier molecular flexibility index (Phi) is 5.41. The van der Waals surface area contributed by atoms with Crippen LogP contribution in [-0.2, 0) is 26.4 Å². The molecule has 0 aromatic heterocycles. The number of aliphatic hydroxyl groups is 4. The quantitative estimate of drug-likeness (QED) is 0.594. The fourth-order valence-electron chi connectivity index (χ4n) is 2.30. The van der Waals surface area contributed by atoms with E-state index in [1.54, 1.807) is 36.4 Å². The number of benzene rings is 2. The molecule has 0 saturated heterocycles. The molecule has 0 bridgehead atoms. The van der Waals surface area contributed by atoms with E-state index in [1.165, 1.54) is 0 Å². The largest absolute Gasteiger partial charge is 0.392 e. The molecule has 0 aliphatic heterocycles. The predicted octanol–water partition coefficient (Wildman–Crippen LogP) is 0.887. The summed E-state index contributed by atoms with van der Waals surface area (Å²) in [7, 11) is 0. The summed E-state index contributed by atoms with van der Waals surface area (Å²) in [6.45, 7) is -0.931. The van der Waals surface area contributed by atoms with Gasteiger partial charge in [-0.1, -0.05) is 24.3 Å². The lowest BCUT2D eigenvalue weighted by Crippen LogP contribution is -2.06. The second-order valence-corrected chi connectivity index (χ2v) is 4.93. The van der Waals surface area contributed by atoms with E-state index in [0.717, 1.165) is 0 Å². The molecule has 5 nitrogen and oxygen atoms in total. The number of carbonyl (C=O) groups is 1. The molecule has 0 aliphatic carbocycles. The zero-order valence-corrected chi connectivity index (χ0v) is 12.0. The Labute approximate surface area is 128 Å². The minimum atomic E-state index is -0.262. The third kappa shape index (κ3) is 3.23. The second kappa shape index (κ2) is 7.29. The Morgan fingerprint density at radius 3 is 1.32 bits per heavy atom. The van der Waals surface area contributed by atoms with Gasteiger partial charge in [-0.2, -0.15) is 0 Å². The van der Waals surface area contributed by atoms with Gasteiger partial charge in [0.1, 0.15) is 0 Å². The second-order valence-electron chi connectivity index (χ2n) is 4.93.